The molecule has 0 spiro atoms. The lowest BCUT2D eigenvalue weighted by Gasteiger charge is -2.27. The summed E-state index contributed by atoms with van der Waals surface area (Å²) in [7, 11) is 0. The van der Waals surface area contributed by atoms with Gasteiger partial charge in [0.2, 0.25) is 5.91 Å². The normalized spacial score (nSPS) is 17.2. The summed E-state index contributed by atoms with van der Waals surface area (Å²) < 4.78 is 0. The lowest BCUT2D eigenvalue weighted by atomic mass is 10.2. The molecule has 0 saturated carbocycles. The smallest absolute Gasteiger partial charge is 0.240 e. The number of carbonyl (C=O) groups is 1. The molecule has 1 heterocycles. The van der Waals surface area contributed by atoms with Crippen molar-refractivity contribution in [2.75, 3.05) is 24.5 Å². The highest BCUT2D eigenvalue weighted by molar-refractivity contribution is 5.95. The van der Waals surface area contributed by atoms with Crippen LogP contribution >= 0.6 is 0 Å². The minimum Gasteiger partial charge on any atom is -0.310 e. The van der Waals surface area contributed by atoms with Crippen LogP contribution in [0.4, 0.5) is 5.69 Å². The molecule has 0 radical (unpaired) electrons. The van der Waals surface area contributed by atoms with E-state index >= 15 is 0 Å². The molecule has 3 heteroatoms. The van der Waals surface area contributed by atoms with Crippen LogP contribution in [0.25, 0.3) is 0 Å². The molecule has 1 aromatic rings. The van der Waals surface area contributed by atoms with E-state index in [0.717, 1.165) is 18.8 Å². The monoisotopic (exact) mass is 190 g/mol. The average Bonchev–Trinajstić information content (AvgIpc) is 2.18. The molecule has 0 bridgehead atoms. The first-order valence-corrected chi connectivity index (χ1v) is 4.85. The van der Waals surface area contributed by atoms with Crippen molar-refractivity contribution in [2.45, 2.75) is 6.92 Å². The van der Waals surface area contributed by atoms with Crippen LogP contribution in [0.5, 0.6) is 0 Å². The third-order valence-corrected chi connectivity index (χ3v) is 2.40. The highest BCUT2D eigenvalue weighted by Gasteiger charge is 2.18. The van der Waals surface area contributed by atoms with Gasteiger partial charge in [-0.3, -0.25) is 4.79 Å². The first kappa shape index (κ1) is 9.21. The first-order chi connectivity index (χ1) is 6.77. The van der Waals surface area contributed by atoms with Gasteiger partial charge in [-0.05, 0) is 24.6 Å². The average molecular weight is 190 g/mol. The van der Waals surface area contributed by atoms with E-state index in [-0.39, 0.29) is 5.91 Å². The fourth-order valence-electron chi connectivity index (χ4n) is 1.68. The summed E-state index contributed by atoms with van der Waals surface area (Å²) in [5, 5.41) is 3.06. The Bertz CT molecular complexity index is 349. The van der Waals surface area contributed by atoms with Crippen LogP contribution in [0.15, 0.2) is 24.3 Å². The maximum absolute atomic E-state index is 11.6. The van der Waals surface area contributed by atoms with Crippen molar-refractivity contribution in [3.8, 4) is 0 Å². The van der Waals surface area contributed by atoms with Crippen LogP contribution < -0.4 is 10.2 Å². The maximum Gasteiger partial charge on any atom is 0.240 e. The summed E-state index contributed by atoms with van der Waals surface area (Å²) in [6.07, 6.45) is 0. The Labute approximate surface area is 83.7 Å². The number of amides is 1. The highest BCUT2D eigenvalue weighted by atomic mass is 16.2. The summed E-state index contributed by atoms with van der Waals surface area (Å²) in [4.78, 5) is 13.4. The van der Waals surface area contributed by atoms with E-state index in [1.54, 1.807) is 0 Å². The summed E-state index contributed by atoms with van der Waals surface area (Å²) in [6.45, 7) is 4.13. The molecular weight excluding hydrogens is 176 g/mol. The fourth-order valence-corrected chi connectivity index (χ4v) is 1.68. The van der Waals surface area contributed by atoms with Gasteiger partial charge < -0.3 is 10.2 Å². The number of aryl methyl sites for hydroxylation is 1. The molecule has 0 aromatic heterocycles. The molecule has 1 saturated heterocycles. The van der Waals surface area contributed by atoms with Crippen LogP contribution in [0.1, 0.15) is 5.56 Å². The highest BCUT2D eigenvalue weighted by Crippen LogP contribution is 2.16. The molecule has 1 amide bonds. The number of hydrogen-bond donors (Lipinski definition) is 1. The summed E-state index contributed by atoms with van der Waals surface area (Å²) in [5.41, 5.74) is 2.20. The van der Waals surface area contributed by atoms with Crippen LogP contribution in [-0.2, 0) is 4.79 Å². The fraction of sp³-hybridized carbons (Fsp3) is 0.364. The number of nitrogens with zero attached hydrogens (tertiary/aromatic N) is 1. The zero-order valence-corrected chi connectivity index (χ0v) is 8.29. The van der Waals surface area contributed by atoms with Crippen molar-refractivity contribution in [1.29, 1.82) is 0 Å². The predicted octanol–water partition coefficient (Wildman–Crippen LogP) is 0.931. The lowest BCUT2D eigenvalue weighted by Crippen LogP contribution is -2.48. The van der Waals surface area contributed by atoms with Gasteiger partial charge in [-0.15, -0.1) is 0 Å². The minimum atomic E-state index is 0.154. The van der Waals surface area contributed by atoms with Crippen molar-refractivity contribution in [3.05, 3.63) is 29.8 Å². The van der Waals surface area contributed by atoms with Gasteiger partial charge in [0.1, 0.15) is 0 Å². The second-order valence-corrected chi connectivity index (χ2v) is 3.56. The van der Waals surface area contributed by atoms with Gasteiger partial charge in [-0.25, -0.2) is 0 Å². The molecule has 3 nitrogen and oxygen atoms in total. The van der Waals surface area contributed by atoms with Crippen LogP contribution in [0.3, 0.4) is 0 Å². The van der Waals surface area contributed by atoms with E-state index in [1.165, 1.54) is 5.56 Å². The summed E-state index contributed by atoms with van der Waals surface area (Å²) in [5.74, 6) is 0.154. The van der Waals surface area contributed by atoms with E-state index in [1.807, 2.05) is 36.1 Å². The predicted molar refractivity (Wildman–Crippen MR) is 56.4 cm³/mol. The number of carbonyl (C=O) groups excluding carboxylic acids is 1. The molecular formula is C11H14N2O. The molecule has 1 aliphatic rings. The molecule has 0 aliphatic carbocycles. The Balaban J connectivity index is 2.24. The summed E-state index contributed by atoms with van der Waals surface area (Å²) >= 11 is 0. The van der Waals surface area contributed by atoms with Gasteiger partial charge in [0.25, 0.3) is 0 Å². The number of piperazine rings is 1. The maximum atomic E-state index is 11.6. The Hall–Kier alpha value is -1.35. The Morgan fingerprint density at radius 3 is 3.00 bits per heavy atom. The number of rotatable bonds is 1. The van der Waals surface area contributed by atoms with Crippen molar-refractivity contribution in [2.24, 2.45) is 0 Å². The first-order valence-electron chi connectivity index (χ1n) is 4.85. The quantitative estimate of drug-likeness (QED) is 0.714. The minimum absolute atomic E-state index is 0.154. The zero-order chi connectivity index (χ0) is 9.97. The van der Waals surface area contributed by atoms with Gasteiger partial charge in [-0.1, -0.05) is 12.1 Å². The Kier molecular flexibility index (Phi) is 2.50. The van der Waals surface area contributed by atoms with Gasteiger partial charge in [0.05, 0.1) is 6.54 Å². The topological polar surface area (TPSA) is 32.3 Å². The van der Waals surface area contributed by atoms with E-state index in [4.69, 9.17) is 0 Å². The van der Waals surface area contributed by atoms with Gasteiger partial charge in [0, 0.05) is 18.8 Å². The van der Waals surface area contributed by atoms with E-state index in [9.17, 15) is 4.79 Å². The molecule has 1 aromatic carbocycles. The second-order valence-electron chi connectivity index (χ2n) is 3.56. The molecule has 2 rings (SSSR count). The van der Waals surface area contributed by atoms with Crippen LogP contribution in [0, 0.1) is 6.92 Å². The summed E-state index contributed by atoms with van der Waals surface area (Å²) in [6, 6.07) is 8.05. The van der Waals surface area contributed by atoms with Crippen molar-refractivity contribution in [1.82, 2.24) is 5.32 Å². The third kappa shape index (κ3) is 1.77. The number of anilines is 1. The lowest BCUT2D eigenvalue weighted by molar-refractivity contribution is -0.118. The molecule has 0 atom stereocenters. The van der Waals surface area contributed by atoms with E-state index in [2.05, 4.69) is 5.32 Å². The molecule has 1 N–H and O–H groups in total. The third-order valence-electron chi connectivity index (χ3n) is 2.40. The number of benzene rings is 1. The van der Waals surface area contributed by atoms with Gasteiger partial charge in [-0.2, -0.15) is 0 Å². The van der Waals surface area contributed by atoms with E-state index in [0.29, 0.717) is 6.54 Å². The number of hydrogen-bond acceptors (Lipinski definition) is 2. The molecule has 74 valence electrons. The van der Waals surface area contributed by atoms with Crippen molar-refractivity contribution >= 4 is 11.6 Å². The number of nitrogens with one attached hydrogen (secondary N) is 1. The molecule has 0 unspecified atom stereocenters. The molecule has 14 heavy (non-hydrogen) atoms. The standard InChI is InChI=1S/C11H14N2O/c1-9-3-2-4-10(7-9)13-6-5-12-8-11(13)14/h2-4,7,12H,5-6,8H2,1H3. The second kappa shape index (κ2) is 3.80. The van der Waals surface area contributed by atoms with Crippen molar-refractivity contribution < 1.29 is 4.79 Å². The SMILES string of the molecule is Cc1cccc(N2CCNCC2=O)c1. The Morgan fingerprint density at radius 1 is 1.43 bits per heavy atom. The Morgan fingerprint density at radius 2 is 2.29 bits per heavy atom. The van der Waals surface area contributed by atoms with Crippen LogP contribution in [-0.4, -0.2) is 25.5 Å². The van der Waals surface area contributed by atoms with Gasteiger partial charge >= 0.3 is 0 Å². The molecule has 1 aliphatic heterocycles. The van der Waals surface area contributed by atoms with Gasteiger partial charge in [0.15, 0.2) is 0 Å². The van der Waals surface area contributed by atoms with Crippen molar-refractivity contribution in [3.63, 3.8) is 0 Å². The zero-order valence-electron chi connectivity index (χ0n) is 8.29. The van der Waals surface area contributed by atoms with E-state index < -0.39 is 0 Å². The molecule has 1 fully saturated rings. The largest absolute Gasteiger partial charge is 0.310 e. The van der Waals surface area contributed by atoms with Crippen LogP contribution in [0.2, 0.25) is 0 Å².